The van der Waals surface area contributed by atoms with Crippen LogP contribution in [-0.4, -0.2) is 47.8 Å². The molecule has 0 unspecified atom stereocenters. The van der Waals surface area contributed by atoms with E-state index in [2.05, 4.69) is 11.8 Å². The summed E-state index contributed by atoms with van der Waals surface area (Å²) in [4.78, 5) is 13.5. The maximum absolute atomic E-state index is 11.2. The number of benzene rings is 1. The molecule has 5 nitrogen and oxygen atoms in total. The highest BCUT2D eigenvalue weighted by atomic mass is 16.5. The van der Waals surface area contributed by atoms with Gasteiger partial charge < -0.3 is 15.6 Å². The molecule has 0 saturated carbocycles. The van der Waals surface area contributed by atoms with Gasteiger partial charge >= 0.3 is 0 Å². The molecule has 0 bridgehead atoms. The van der Waals surface area contributed by atoms with Crippen molar-refractivity contribution in [3.63, 3.8) is 0 Å². The quantitative estimate of drug-likeness (QED) is 0.881. The van der Waals surface area contributed by atoms with Gasteiger partial charge in [-0.1, -0.05) is 19.1 Å². The number of nitrogens with two attached hydrogens (primary N) is 1. The lowest BCUT2D eigenvalue weighted by Gasteiger charge is -2.48. The smallest absolute Gasteiger partial charge is 0.248 e. The third-order valence-electron chi connectivity index (χ3n) is 5.79. The number of likely N-dealkylation sites (tertiary alicyclic amines) is 1. The molecule has 2 aliphatic rings. The van der Waals surface area contributed by atoms with Gasteiger partial charge in [-0.3, -0.25) is 9.69 Å². The van der Waals surface area contributed by atoms with E-state index in [0.717, 1.165) is 52.1 Å². The third-order valence-corrected chi connectivity index (χ3v) is 5.79. The van der Waals surface area contributed by atoms with Crippen LogP contribution in [0.5, 0.6) is 0 Å². The topological polar surface area (TPSA) is 75.8 Å². The molecule has 1 aromatic carbocycles. The Kier molecular flexibility index (Phi) is 5.23. The monoisotopic (exact) mass is 332 g/mol. The molecule has 3 rings (SSSR count). The Morgan fingerprint density at radius 2 is 2.00 bits per heavy atom. The van der Waals surface area contributed by atoms with E-state index in [1.54, 1.807) is 12.1 Å². The van der Waals surface area contributed by atoms with E-state index in [-0.39, 0.29) is 5.92 Å². The number of nitrogens with zero attached hydrogens (tertiary/aromatic N) is 1. The SMILES string of the molecule is C[C@@H]1CN(Cc2ccc(C(N)=O)cc2)CC[C@@]1(O)C1CCOCC1. The van der Waals surface area contributed by atoms with Crippen molar-refractivity contribution in [1.82, 2.24) is 4.90 Å². The highest BCUT2D eigenvalue weighted by molar-refractivity contribution is 5.92. The van der Waals surface area contributed by atoms with Crippen LogP contribution in [0.1, 0.15) is 42.1 Å². The summed E-state index contributed by atoms with van der Waals surface area (Å²) >= 11 is 0. The number of carbonyl (C=O) groups excluding carboxylic acids is 1. The summed E-state index contributed by atoms with van der Waals surface area (Å²) in [5.74, 6) is 0.215. The minimum absolute atomic E-state index is 0.249. The van der Waals surface area contributed by atoms with Crippen LogP contribution >= 0.6 is 0 Å². The van der Waals surface area contributed by atoms with E-state index >= 15 is 0 Å². The summed E-state index contributed by atoms with van der Waals surface area (Å²) in [6.45, 7) is 6.34. The number of carbonyl (C=O) groups is 1. The van der Waals surface area contributed by atoms with Crippen molar-refractivity contribution in [2.24, 2.45) is 17.6 Å². The molecule has 2 heterocycles. The van der Waals surface area contributed by atoms with Gasteiger partial charge in [0.1, 0.15) is 0 Å². The van der Waals surface area contributed by atoms with Gasteiger partial charge in [-0.15, -0.1) is 0 Å². The second kappa shape index (κ2) is 7.21. The molecule has 3 N–H and O–H groups in total. The molecule has 1 aromatic rings. The first-order chi connectivity index (χ1) is 11.5. The van der Waals surface area contributed by atoms with Crippen LogP contribution in [0.25, 0.3) is 0 Å². The average Bonchev–Trinajstić information content (AvgIpc) is 2.59. The summed E-state index contributed by atoms with van der Waals surface area (Å²) in [6.07, 6.45) is 2.75. The minimum Gasteiger partial charge on any atom is -0.389 e. The Bertz CT molecular complexity index is 568. The number of amides is 1. The lowest BCUT2D eigenvalue weighted by atomic mass is 9.70. The van der Waals surface area contributed by atoms with Crippen molar-refractivity contribution in [2.75, 3.05) is 26.3 Å². The maximum atomic E-state index is 11.2. The molecule has 2 atom stereocenters. The van der Waals surface area contributed by atoms with Gasteiger partial charge in [-0.25, -0.2) is 0 Å². The van der Waals surface area contributed by atoms with Crippen LogP contribution < -0.4 is 5.73 Å². The predicted molar refractivity (Wildman–Crippen MR) is 92.5 cm³/mol. The number of piperidine rings is 1. The lowest BCUT2D eigenvalue weighted by Crippen LogP contribution is -2.55. The standard InChI is InChI=1S/C19H28N2O3/c1-14-12-21(13-15-2-4-16(5-3-15)18(20)22)9-8-19(14,23)17-6-10-24-11-7-17/h2-5,14,17,23H,6-13H2,1H3,(H2,20,22)/t14-,19+/m1/s1. The van der Waals surface area contributed by atoms with Crippen molar-refractivity contribution in [3.05, 3.63) is 35.4 Å². The molecule has 132 valence electrons. The van der Waals surface area contributed by atoms with Gasteiger partial charge in [0.25, 0.3) is 0 Å². The third kappa shape index (κ3) is 3.63. The van der Waals surface area contributed by atoms with Crippen molar-refractivity contribution < 1.29 is 14.6 Å². The van der Waals surface area contributed by atoms with E-state index < -0.39 is 11.5 Å². The van der Waals surface area contributed by atoms with Crippen LogP contribution in [-0.2, 0) is 11.3 Å². The first-order valence-electron chi connectivity index (χ1n) is 8.90. The first kappa shape index (κ1) is 17.4. The molecular weight excluding hydrogens is 304 g/mol. The van der Waals surface area contributed by atoms with Gasteiger partial charge in [0.15, 0.2) is 0 Å². The molecule has 0 aromatic heterocycles. The summed E-state index contributed by atoms with van der Waals surface area (Å²) in [5, 5.41) is 11.2. The summed E-state index contributed by atoms with van der Waals surface area (Å²) in [7, 11) is 0. The van der Waals surface area contributed by atoms with Crippen LogP contribution in [0.15, 0.2) is 24.3 Å². The van der Waals surface area contributed by atoms with Crippen molar-refractivity contribution in [2.45, 2.75) is 38.3 Å². The Hall–Kier alpha value is -1.43. The zero-order valence-corrected chi connectivity index (χ0v) is 14.4. The van der Waals surface area contributed by atoms with Crippen LogP contribution in [0.2, 0.25) is 0 Å². The normalized spacial score (nSPS) is 29.5. The van der Waals surface area contributed by atoms with Crippen molar-refractivity contribution in [1.29, 1.82) is 0 Å². The predicted octanol–water partition coefficient (Wildman–Crippen LogP) is 1.79. The highest BCUT2D eigenvalue weighted by Crippen LogP contribution is 2.39. The van der Waals surface area contributed by atoms with Gasteiger partial charge in [-0.05, 0) is 48.8 Å². The zero-order valence-electron chi connectivity index (χ0n) is 14.4. The molecule has 2 saturated heterocycles. The number of hydrogen-bond acceptors (Lipinski definition) is 4. The molecule has 2 fully saturated rings. The lowest BCUT2D eigenvalue weighted by molar-refractivity contribution is -0.131. The fourth-order valence-corrected chi connectivity index (χ4v) is 4.20. The summed E-state index contributed by atoms with van der Waals surface area (Å²) in [5.41, 5.74) is 6.43. The Morgan fingerprint density at radius 3 is 2.58 bits per heavy atom. The van der Waals surface area contributed by atoms with Crippen LogP contribution in [0.4, 0.5) is 0 Å². The summed E-state index contributed by atoms with van der Waals surface area (Å²) < 4.78 is 5.44. The second-order valence-corrected chi connectivity index (χ2v) is 7.33. The first-order valence-corrected chi connectivity index (χ1v) is 8.90. The minimum atomic E-state index is -0.559. The van der Waals surface area contributed by atoms with E-state index in [1.807, 2.05) is 12.1 Å². The molecular formula is C19H28N2O3. The fourth-order valence-electron chi connectivity index (χ4n) is 4.20. The molecule has 0 spiro atoms. The Labute approximate surface area is 143 Å². The van der Waals surface area contributed by atoms with Gasteiger partial charge in [0.05, 0.1) is 5.60 Å². The largest absolute Gasteiger partial charge is 0.389 e. The zero-order chi connectivity index (χ0) is 17.2. The number of rotatable bonds is 4. The van der Waals surface area contributed by atoms with Crippen molar-refractivity contribution >= 4 is 5.91 Å². The number of aliphatic hydroxyl groups is 1. The van der Waals surface area contributed by atoms with Crippen LogP contribution in [0, 0.1) is 11.8 Å². The second-order valence-electron chi connectivity index (χ2n) is 7.33. The molecule has 5 heteroatoms. The number of hydrogen-bond donors (Lipinski definition) is 2. The van der Waals surface area contributed by atoms with Gasteiger partial charge in [-0.2, -0.15) is 0 Å². The molecule has 0 radical (unpaired) electrons. The number of primary amides is 1. The molecule has 2 aliphatic heterocycles. The maximum Gasteiger partial charge on any atom is 0.248 e. The van der Waals surface area contributed by atoms with Gasteiger partial charge in [0, 0.05) is 38.4 Å². The fraction of sp³-hybridized carbons (Fsp3) is 0.632. The Morgan fingerprint density at radius 1 is 1.33 bits per heavy atom. The van der Waals surface area contributed by atoms with Crippen LogP contribution in [0.3, 0.4) is 0 Å². The highest BCUT2D eigenvalue weighted by Gasteiger charge is 2.45. The number of ether oxygens (including phenoxy) is 1. The molecule has 0 aliphatic carbocycles. The van der Waals surface area contributed by atoms with Gasteiger partial charge in [0.2, 0.25) is 5.91 Å². The van der Waals surface area contributed by atoms with E-state index in [9.17, 15) is 9.90 Å². The van der Waals surface area contributed by atoms with Crippen molar-refractivity contribution in [3.8, 4) is 0 Å². The molecule has 1 amide bonds. The molecule has 24 heavy (non-hydrogen) atoms. The van der Waals surface area contributed by atoms with E-state index in [0.29, 0.717) is 11.5 Å². The summed E-state index contributed by atoms with van der Waals surface area (Å²) in [6, 6.07) is 7.49. The Balaban J connectivity index is 1.59. The van der Waals surface area contributed by atoms with E-state index in [4.69, 9.17) is 10.5 Å². The van der Waals surface area contributed by atoms with E-state index in [1.165, 1.54) is 5.56 Å². The average molecular weight is 332 g/mol.